The van der Waals surface area contributed by atoms with Crippen molar-refractivity contribution < 1.29 is 8.42 Å². The standard InChI is InChI=1S/C13H22N2O2S2/c1-9-8-10(2)18-13(9)19(16,17)15-6-4-12(5-7-15)11(3)14/h8,11-12H,4-7,14H2,1-3H3. The van der Waals surface area contributed by atoms with E-state index in [1.165, 1.54) is 11.3 Å². The van der Waals surface area contributed by atoms with Gasteiger partial charge in [0.15, 0.2) is 0 Å². The SMILES string of the molecule is Cc1cc(C)c(S(=O)(=O)N2CCC(C(C)N)CC2)s1. The highest BCUT2D eigenvalue weighted by Gasteiger charge is 2.32. The van der Waals surface area contributed by atoms with Crippen molar-refractivity contribution in [1.82, 2.24) is 4.31 Å². The molecule has 2 heterocycles. The zero-order chi connectivity index (χ0) is 14.2. The third kappa shape index (κ3) is 3.02. The lowest BCUT2D eigenvalue weighted by atomic mass is 9.92. The molecule has 0 spiro atoms. The molecule has 1 unspecified atom stereocenters. The van der Waals surface area contributed by atoms with Crippen LogP contribution < -0.4 is 5.73 Å². The van der Waals surface area contributed by atoms with E-state index in [0.717, 1.165) is 23.3 Å². The maximum Gasteiger partial charge on any atom is 0.252 e. The van der Waals surface area contributed by atoms with Crippen LogP contribution in [0.15, 0.2) is 10.3 Å². The van der Waals surface area contributed by atoms with Crippen molar-refractivity contribution in [2.75, 3.05) is 13.1 Å². The van der Waals surface area contributed by atoms with Crippen LogP contribution >= 0.6 is 11.3 Å². The van der Waals surface area contributed by atoms with E-state index in [2.05, 4.69) is 0 Å². The first-order valence-electron chi connectivity index (χ1n) is 6.65. The average molecular weight is 302 g/mol. The van der Waals surface area contributed by atoms with E-state index >= 15 is 0 Å². The van der Waals surface area contributed by atoms with E-state index in [1.807, 2.05) is 26.8 Å². The van der Waals surface area contributed by atoms with Gasteiger partial charge in [-0.25, -0.2) is 8.42 Å². The molecule has 1 saturated heterocycles. The number of nitrogens with two attached hydrogens (primary N) is 1. The lowest BCUT2D eigenvalue weighted by molar-refractivity contribution is 0.251. The number of hydrogen-bond acceptors (Lipinski definition) is 4. The van der Waals surface area contributed by atoms with Gasteiger partial charge in [-0.1, -0.05) is 0 Å². The van der Waals surface area contributed by atoms with E-state index in [9.17, 15) is 8.42 Å². The molecule has 0 aliphatic carbocycles. The molecule has 2 rings (SSSR count). The van der Waals surface area contributed by atoms with Gasteiger partial charge in [-0.2, -0.15) is 4.31 Å². The summed E-state index contributed by atoms with van der Waals surface area (Å²) in [5.74, 6) is 0.442. The second kappa shape index (κ2) is 5.52. The van der Waals surface area contributed by atoms with E-state index in [1.54, 1.807) is 4.31 Å². The Hall–Kier alpha value is -0.430. The maximum atomic E-state index is 12.6. The molecular formula is C13H22N2O2S2. The summed E-state index contributed by atoms with van der Waals surface area (Å²) in [5, 5.41) is 0. The molecule has 1 aromatic rings. The van der Waals surface area contributed by atoms with Gasteiger partial charge in [0.25, 0.3) is 10.0 Å². The first-order valence-corrected chi connectivity index (χ1v) is 8.91. The number of aryl methyl sites for hydroxylation is 2. The molecule has 1 fully saturated rings. The van der Waals surface area contributed by atoms with E-state index in [0.29, 0.717) is 23.2 Å². The first kappa shape index (κ1) is 15.0. The van der Waals surface area contributed by atoms with Crippen LogP contribution in [0, 0.1) is 19.8 Å². The minimum atomic E-state index is -3.31. The topological polar surface area (TPSA) is 63.4 Å². The minimum absolute atomic E-state index is 0.149. The fourth-order valence-electron chi connectivity index (χ4n) is 2.64. The summed E-state index contributed by atoms with van der Waals surface area (Å²) in [6.07, 6.45) is 1.72. The number of hydrogen-bond donors (Lipinski definition) is 1. The molecule has 19 heavy (non-hydrogen) atoms. The van der Waals surface area contributed by atoms with Crippen LogP contribution in [0.2, 0.25) is 0 Å². The highest BCUT2D eigenvalue weighted by atomic mass is 32.2. The third-order valence-corrected chi connectivity index (χ3v) is 7.48. The Labute approximate surface area is 119 Å². The Morgan fingerprint density at radius 2 is 1.95 bits per heavy atom. The van der Waals surface area contributed by atoms with Gasteiger partial charge in [-0.05, 0) is 51.2 Å². The summed E-state index contributed by atoms with van der Waals surface area (Å²) in [7, 11) is -3.31. The van der Waals surface area contributed by atoms with Crippen LogP contribution in [-0.2, 0) is 10.0 Å². The molecule has 1 aliphatic heterocycles. The van der Waals surface area contributed by atoms with Gasteiger partial charge >= 0.3 is 0 Å². The van der Waals surface area contributed by atoms with Crippen molar-refractivity contribution in [3.63, 3.8) is 0 Å². The maximum absolute atomic E-state index is 12.6. The molecule has 2 N–H and O–H groups in total. The zero-order valence-corrected chi connectivity index (χ0v) is 13.4. The van der Waals surface area contributed by atoms with Gasteiger partial charge in [0.05, 0.1) is 0 Å². The Morgan fingerprint density at radius 1 is 1.37 bits per heavy atom. The second-order valence-electron chi connectivity index (χ2n) is 5.43. The van der Waals surface area contributed by atoms with Crippen molar-refractivity contribution in [3.05, 3.63) is 16.5 Å². The van der Waals surface area contributed by atoms with Crippen LogP contribution in [0.25, 0.3) is 0 Å². The molecule has 0 saturated carbocycles. The van der Waals surface area contributed by atoms with E-state index in [-0.39, 0.29) is 6.04 Å². The van der Waals surface area contributed by atoms with Crippen molar-refractivity contribution in [1.29, 1.82) is 0 Å². The summed E-state index contributed by atoms with van der Waals surface area (Å²) >= 11 is 1.37. The summed E-state index contributed by atoms with van der Waals surface area (Å²) in [6.45, 7) is 6.99. The van der Waals surface area contributed by atoms with Crippen molar-refractivity contribution in [2.24, 2.45) is 11.7 Å². The Balaban J connectivity index is 2.16. The van der Waals surface area contributed by atoms with Crippen LogP contribution in [-0.4, -0.2) is 31.9 Å². The smallest absolute Gasteiger partial charge is 0.252 e. The van der Waals surface area contributed by atoms with Gasteiger partial charge in [0.2, 0.25) is 0 Å². The highest BCUT2D eigenvalue weighted by Crippen LogP contribution is 2.31. The fraction of sp³-hybridized carbons (Fsp3) is 0.692. The van der Waals surface area contributed by atoms with Crippen LogP contribution in [0.4, 0.5) is 0 Å². The normalized spacial score (nSPS) is 20.6. The van der Waals surface area contributed by atoms with Gasteiger partial charge in [0.1, 0.15) is 4.21 Å². The fourth-order valence-corrected chi connectivity index (χ4v) is 5.91. The number of thiophene rings is 1. The highest BCUT2D eigenvalue weighted by molar-refractivity contribution is 7.91. The molecule has 4 nitrogen and oxygen atoms in total. The molecule has 0 radical (unpaired) electrons. The summed E-state index contributed by atoms with van der Waals surface area (Å²) in [6, 6.07) is 2.09. The van der Waals surface area contributed by atoms with E-state index < -0.39 is 10.0 Å². The lowest BCUT2D eigenvalue weighted by Gasteiger charge is -2.32. The van der Waals surface area contributed by atoms with Crippen LogP contribution in [0.1, 0.15) is 30.2 Å². The third-order valence-electron chi connectivity index (χ3n) is 3.81. The zero-order valence-electron chi connectivity index (χ0n) is 11.7. The molecular weight excluding hydrogens is 280 g/mol. The Kier molecular flexibility index (Phi) is 4.35. The Bertz CT molecular complexity index is 541. The molecule has 108 valence electrons. The largest absolute Gasteiger partial charge is 0.328 e. The summed E-state index contributed by atoms with van der Waals surface area (Å²) in [5.41, 5.74) is 6.75. The first-order chi connectivity index (χ1) is 8.82. The molecule has 1 aromatic heterocycles. The van der Waals surface area contributed by atoms with Crippen LogP contribution in [0.3, 0.4) is 0 Å². The monoisotopic (exact) mass is 302 g/mol. The van der Waals surface area contributed by atoms with Gasteiger partial charge in [0, 0.05) is 24.0 Å². The molecule has 0 aromatic carbocycles. The molecule has 1 aliphatic rings. The molecule has 0 bridgehead atoms. The number of nitrogens with zero attached hydrogens (tertiary/aromatic N) is 1. The minimum Gasteiger partial charge on any atom is -0.328 e. The van der Waals surface area contributed by atoms with Crippen molar-refractivity contribution in [2.45, 2.75) is 43.9 Å². The second-order valence-corrected chi connectivity index (χ2v) is 8.82. The number of rotatable bonds is 3. The van der Waals surface area contributed by atoms with Crippen molar-refractivity contribution >= 4 is 21.4 Å². The molecule has 1 atom stereocenters. The lowest BCUT2D eigenvalue weighted by Crippen LogP contribution is -2.42. The van der Waals surface area contributed by atoms with Gasteiger partial charge in [-0.15, -0.1) is 11.3 Å². The average Bonchev–Trinajstić information content (AvgIpc) is 2.69. The summed E-state index contributed by atoms with van der Waals surface area (Å²) in [4.78, 5) is 1.04. The van der Waals surface area contributed by atoms with Crippen molar-refractivity contribution in [3.8, 4) is 0 Å². The quantitative estimate of drug-likeness (QED) is 0.930. The van der Waals surface area contributed by atoms with Gasteiger partial charge in [-0.3, -0.25) is 0 Å². The summed E-state index contributed by atoms with van der Waals surface area (Å²) < 4.78 is 27.3. The molecule has 6 heteroatoms. The number of sulfonamides is 1. The van der Waals surface area contributed by atoms with Crippen LogP contribution in [0.5, 0.6) is 0 Å². The predicted molar refractivity (Wildman–Crippen MR) is 78.9 cm³/mol. The number of piperidine rings is 1. The molecule has 0 amide bonds. The Morgan fingerprint density at radius 3 is 2.37 bits per heavy atom. The van der Waals surface area contributed by atoms with E-state index in [4.69, 9.17) is 5.73 Å². The van der Waals surface area contributed by atoms with Gasteiger partial charge < -0.3 is 5.73 Å². The predicted octanol–water partition coefficient (Wildman–Crippen LogP) is 2.11.